The molecule has 0 fully saturated rings. The highest BCUT2D eigenvalue weighted by atomic mass is 16.6. The van der Waals surface area contributed by atoms with Crippen LogP contribution in [0.25, 0.3) is 6.08 Å². The summed E-state index contributed by atoms with van der Waals surface area (Å²) in [5.41, 5.74) is 1.71. The number of nitro groups is 1. The molecule has 0 unspecified atom stereocenters. The molecule has 166 valence electrons. The van der Waals surface area contributed by atoms with Crippen molar-refractivity contribution in [3.63, 3.8) is 0 Å². The Morgan fingerprint density at radius 2 is 1.79 bits per heavy atom. The van der Waals surface area contributed by atoms with Crippen LogP contribution in [0.4, 0.5) is 11.4 Å². The third-order valence-electron chi connectivity index (χ3n) is 4.52. The number of hydrogen-bond acceptors (Lipinski definition) is 6. The van der Waals surface area contributed by atoms with E-state index in [1.165, 1.54) is 30.3 Å². The Labute approximate surface area is 190 Å². The van der Waals surface area contributed by atoms with Gasteiger partial charge in [0.05, 0.1) is 11.5 Å². The summed E-state index contributed by atoms with van der Waals surface area (Å²) in [5, 5.41) is 22.8. The van der Waals surface area contributed by atoms with Crippen LogP contribution < -0.4 is 14.8 Å². The maximum atomic E-state index is 12.5. The van der Waals surface area contributed by atoms with E-state index in [2.05, 4.69) is 5.32 Å². The molecule has 0 aliphatic heterocycles. The Kier molecular flexibility index (Phi) is 7.76. The van der Waals surface area contributed by atoms with Gasteiger partial charge in [-0.1, -0.05) is 36.4 Å². The van der Waals surface area contributed by atoms with Gasteiger partial charge in [-0.2, -0.15) is 5.26 Å². The summed E-state index contributed by atoms with van der Waals surface area (Å²) in [5.74, 6) is 0.413. The molecule has 1 amide bonds. The molecule has 0 saturated carbocycles. The number of carbonyl (C=O) groups excluding carboxylic acids is 1. The molecular formula is C25H21N3O5. The summed E-state index contributed by atoms with van der Waals surface area (Å²) in [6.07, 6.45) is 1.43. The third kappa shape index (κ3) is 6.42. The van der Waals surface area contributed by atoms with Crippen LogP contribution in [0.3, 0.4) is 0 Å². The van der Waals surface area contributed by atoms with Gasteiger partial charge in [-0.05, 0) is 48.4 Å². The van der Waals surface area contributed by atoms with Crippen LogP contribution in [0.1, 0.15) is 18.1 Å². The molecular weight excluding hydrogens is 422 g/mol. The molecule has 33 heavy (non-hydrogen) atoms. The number of rotatable bonds is 9. The van der Waals surface area contributed by atoms with E-state index >= 15 is 0 Å². The van der Waals surface area contributed by atoms with Crippen LogP contribution in [0.5, 0.6) is 11.5 Å². The van der Waals surface area contributed by atoms with Crippen LogP contribution in [0.15, 0.2) is 78.4 Å². The number of hydrogen-bond donors (Lipinski definition) is 1. The van der Waals surface area contributed by atoms with Gasteiger partial charge in [0.15, 0.2) is 11.5 Å². The van der Waals surface area contributed by atoms with Crippen LogP contribution in [-0.2, 0) is 11.4 Å². The molecule has 3 rings (SSSR count). The molecule has 1 N–H and O–H groups in total. The number of nitrogens with zero attached hydrogens (tertiary/aromatic N) is 2. The number of nitrogens with one attached hydrogen (secondary N) is 1. The monoisotopic (exact) mass is 443 g/mol. The average Bonchev–Trinajstić information content (AvgIpc) is 2.83. The second-order valence-corrected chi connectivity index (χ2v) is 6.84. The van der Waals surface area contributed by atoms with Crippen LogP contribution in [0.2, 0.25) is 0 Å². The molecule has 0 aliphatic rings. The second kappa shape index (κ2) is 11.1. The highest BCUT2D eigenvalue weighted by molar-refractivity contribution is 6.09. The van der Waals surface area contributed by atoms with Crippen molar-refractivity contribution >= 4 is 23.4 Å². The molecule has 8 nitrogen and oxygen atoms in total. The molecule has 8 heteroatoms. The minimum atomic E-state index is -0.631. The Hall–Kier alpha value is -4.64. The van der Waals surface area contributed by atoms with E-state index in [0.717, 1.165) is 5.56 Å². The molecule has 3 aromatic rings. The number of benzene rings is 3. The minimum Gasteiger partial charge on any atom is -0.490 e. The summed E-state index contributed by atoms with van der Waals surface area (Å²) >= 11 is 0. The van der Waals surface area contributed by atoms with E-state index in [0.29, 0.717) is 36.0 Å². The van der Waals surface area contributed by atoms with E-state index in [1.807, 2.05) is 43.3 Å². The highest BCUT2D eigenvalue weighted by Gasteiger charge is 2.13. The smallest absolute Gasteiger partial charge is 0.269 e. The predicted molar refractivity (Wildman–Crippen MR) is 124 cm³/mol. The standard InChI is InChI=1S/C25H21N3O5/c1-2-32-24-15-19(8-13-23(24)33-17-18-6-4-3-5-7-18)14-20(16-26)25(29)27-21-9-11-22(12-10-21)28(30)31/h3-15H,2,17H2,1H3,(H,27,29)/b20-14+. The molecule has 3 aromatic carbocycles. The van der Waals surface area contributed by atoms with E-state index in [4.69, 9.17) is 9.47 Å². The van der Waals surface area contributed by atoms with Gasteiger partial charge in [0.2, 0.25) is 0 Å². The molecule has 0 aliphatic carbocycles. The SMILES string of the molecule is CCOc1cc(/C=C(\C#N)C(=O)Nc2ccc([N+](=O)[O-])cc2)ccc1OCc1ccccc1. The summed E-state index contributed by atoms with van der Waals surface area (Å²) in [7, 11) is 0. The normalized spacial score (nSPS) is 10.7. The van der Waals surface area contributed by atoms with Crippen LogP contribution in [-0.4, -0.2) is 17.4 Å². The zero-order valence-corrected chi connectivity index (χ0v) is 17.9. The third-order valence-corrected chi connectivity index (χ3v) is 4.52. The van der Waals surface area contributed by atoms with Crippen molar-refractivity contribution in [3.05, 3.63) is 99.6 Å². The van der Waals surface area contributed by atoms with E-state index < -0.39 is 10.8 Å². The number of nitriles is 1. The number of nitro benzene ring substituents is 1. The van der Waals surface area contributed by atoms with Crippen LogP contribution in [0, 0.1) is 21.4 Å². The summed E-state index contributed by atoms with van der Waals surface area (Å²) in [6, 6.07) is 22.1. The molecule has 0 atom stereocenters. The summed E-state index contributed by atoms with van der Waals surface area (Å²) < 4.78 is 11.6. The lowest BCUT2D eigenvalue weighted by Crippen LogP contribution is -2.13. The second-order valence-electron chi connectivity index (χ2n) is 6.84. The van der Waals surface area contributed by atoms with Crippen molar-refractivity contribution in [2.24, 2.45) is 0 Å². The predicted octanol–water partition coefficient (Wildman–Crippen LogP) is 5.12. The number of ether oxygens (including phenoxy) is 2. The zero-order valence-electron chi connectivity index (χ0n) is 17.9. The maximum Gasteiger partial charge on any atom is 0.269 e. The first-order chi connectivity index (χ1) is 16.0. The maximum absolute atomic E-state index is 12.5. The fourth-order valence-corrected chi connectivity index (χ4v) is 2.92. The van der Waals surface area contributed by atoms with Crippen LogP contribution >= 0.6 is 0 Å². The van der Waals surface area contributed by atoms with Crippen molar-refractivity contribution in [3.8, 4) is 17.6 Å². The summed E-state index contributed by atoms with van der Waals surface area (Å²) in [6.45, 7) is 2.64. The van der Waals surface area contributed by atoms with Crippen molar-refractivity contribution in [2.75, 3.05) is 11.9 Å². The first-order valence-electron chi connectivity index (χ1n) is 10.1. The number of carbonyl (C=O) groups is 1. The van der Waals surface area contributed by atoms with E-state index in [1.54, 1.807) is 18.2 Å². The first-order valence-corrected chi connectivity index (χ1v) is 10.1. The average molecular weight is 443 g/mol. The molecule has 0 spiro atoms. The largest absolute Gasteiger partial charge is 0.490 e. The fourth-order valence-electron chi connectivity index (χ4n) is 2.92. The lowest BCUT2D eigenvalue weighted by atomic mass is 10.1. The highest BCUT2D eigenvalue weighted by Crippen LogP contribution is 2.30. The first kappa shape index (κ1) is 23.0. The lowest BCUT2D eigenvalue weighted by molar-refractivity contribution is -0.384. The zero-order chi connectivity index (χ0) is 23.6. The minimum absolute atomic E-state index is 0.0953. The number of anilines is 1. The number of amides is 1. The van der Waals surface area contributed by atoms with Gasteiger partial charge in [-0.25, -0.2) is 0 Å². The van der Waals surface area contributed by atoms with Gasteiger partial charge in [0.1, 0.15) is 18.2 Å². The molecule has 0 bridgehead atoms. The van der Waals surface area contributed by atoms with E-state index in [-0.39, 0.29) is 11.3 Å². The van der Waals surface area contributed by atoms with Gasteiger partial charge in [-0.3, -0.25) is 14.9 Å². The summed E-state index contributed by atoms with van der Waals surface area (Å²) in [4.78, 5) is 22.7. The Morgan fingerprint density at radius 3 is 2.42 bits per heavy atom. The molecule has 0 heterocycles. The Bertz CT molecular complexity index is 1200. The van der Waals surface area contributed by atoms with Crippen molar-refractivity contribution in [1.29, 1.82) is 5.26 Å². The molecule has 0 radical (unpaired) electrons. The van der Waals surface area contributed by atoms with Gasteiger partial charge < -0.3 is 14.8 Å². The molecule has 0 saturated heterocycles. The van der Waals surface area contributed by atoms with Gasteiger partial charge in [-0.15, -0.1) is 0 Å². The lowest BCUT2D eigenvalue weighted by Gasteiger charge is -2.13. The van der Waals surface area contributed by atoms with Gasteiger partial charge in [0.25, 0.3) is 11.6 Å². The number of non-ortho nitro benzene ring substituents is 1. The quantitative estimate of drug-likeness (QED) is 0.212. The van der Waals surface area contributed by atoms with E-state index in [9.17, 15) is 20.2 Å². The van der Waals surface area contributed by atoms with Crippen molar-refractivity contribution in [1.82, 2.24) is 0 Å². The molecule has 0 aromatic heterocycles. The fraction of sp³-hybridized carbons (Fsp3) is 0.120. The topological polar surface area (TPSA) is 114 Å². The van der Waals surface area contributed by atoms with Crippen molar-refractivity contribution in [2.45, 2.75) is 13.5 Å². The van der Waals surface area contributed by atoms with Crippen molar-refractivity contribution < 1.29 is 19.2 Å². The Morgan fingerprint density at radius 1 is 1.06 bits per heavy atom. The Balaban J connectivity index is 1.76. The van der Waals surface area contributed by atoms with Gasteiger partial charge in [0, 0.05) is 17.8 Å². The van der Waals surface area contributed by atoms with Gasteiger partial charge >= 0.3 is 0 Å².